The number of carbonyl (C=O) groups is 2. The van der Waals surface area contributed by atoms with Crippen LogP contribution in [0.3, 0.4) is 0 Å². The van der Waals surface area contributed by atoms with Crippen LogP contribution in [0.1, 0.15) is 32.4 Å². The highest BCUT2D eigenvalue weighted by Crippen LogP contribution is 2.38. The molecule has 0 aromatic heterocycles. The molecule has 5 rings (SSSR count). The zero-order valence-electron chi connectivity index (χ0n) is 17.3. The first kappa shape index (κ1) is 21.0. The average Bonchev–Trinajstić information content (AvgIpc) is 3.29. The van der Waals surface area contributed by atoms with E-state index in [9.17, 15) is 14.7 Å². The van der Waals surface area contributed by atoms with Gasteiger partial charge in [0.1, 0.15) is 11.5 Å². The lowest BCUT2D eigenvalue weighted by Gasteiger charge is -2.38. The summed E-state index contributed by atoms with van der Waals surface area (Å²) >= 11 is 3.38. The number of hydrogen-bond acceptors (Lipinski definition) is 7. The highest BCUT2D eigenvalue weighted by molar-refractivity contribution is 9.10. The van der Waals surface area contributed by atoms with E-state index >= 15 is 0 Å². The summed E-state index contributed by atoms with van der Waals surface area (Å²) in [5.74, 6) is 0.424. The average molecular weight is 512 g/mol. The number of carbonyl (C=O) groups excluding carboxylic acids is 2. The minimum atomic E-state index is -0.903. The lowest BCUT2D eigenvalue weighted by molar-refractivity contribution is 0.0488. The Balaban J connectivity index is 1.54. The summed E-state index contributed by atoms with van der Waals surface area (Å²) in [5.41, 5.74) is 4.21. The smallest absolute Gasteiger partial charge is 0.276 e. The summed E-state index contributed by atoms with van der Waals surface area (Å²) in [4.78, 5) is 26.6. The van der Waals surface area contributed by atoms with Crippen LogP contribution in [0.25, 0.3) is 0 Å². The van der Waals surface area contributed by atoms with Crippen molar-refractivity contribution in [3.05, 3.63) is 75.8 Å². The standard InChI is InChI=1S/C23H18BrN3O6/c1-31-14-4-6-18(28)16(10-14)21-25-17-5-3-13(24)9-15(17)23(30)27(21)26-22(29)12-2-7-19-20(8-12)33-11-32-19/h2-10,21,25,28H,11H2,1H3,(H,26,29). The van der Waals surface area contributed by atoms with Crippen LogP contribution in [0.4, 0.5) is 5.69 Å². The highest BCUT2D eigenvalue weighted by atomic mass is 79.9. The molecule has 2 amide bonds. The third-order valence-electron chi connectivity index (χ3n) is 5.37. The van der Waals surface area contributed by atoms with Crippen molar-refractivity contribution >= 4 is 33.4 Å². The number of rotatable bonds is 4. The van der Waals surface area contributed by atoms with E-state index in [1.165, 1.54) is 13.2 Å². The molecule has 0 saturated heterocycles. The largest absolute Gasteiger partial charge is 0.508 e. The maximum atomic E-state index is 13.5. The molecular weight excluding hydrogens is 494 g/mol. The van der Waals surface area contributed by atoms with Crippen molar-refractivity contribution in [2.75, 3.05) is 19.2 Å². The number of methoxy groups -OCH3 is 1. The number of fused-ring (bicyclic) bond motifs is 2. The van der Waals surface area contributed by atoms with Gasteiger partial charge in [-0.1, -0.05) is 15.9 Å². The van der Waals surface area contributed by atoms with Crippen molar-refractivity contribution in [1.29, 1.82) is 0 Å². The predicted molar refractivity (Wildman–Crippen MR) is 121 cm³/mol. The van der Waals surface area contributed by atoms with Crippen molar-refractivity contribution in [3.8, 4) is 23.0 Å². The SMILES string of the molecule is COc1ccc(O)c(C2Nc3ccc(Br)cc3C(=O)N2NC(=O)c2ccc3c(c2)OCO3)c1. The van der Waals surface area contributed by atoms with Crippen molar-refractivity contribution in [1.82, 2.24) is 10.4 Å². The van der Waals surface area contributed by atoms with E-state index < -0.39 is 18.0 Å². The predicted octanol–water partition coefficient (Wildman–Crippen LogP) is 3.80. The summed E-state index contributed by atoms with van der Waals surface area (Å²) in [6.45, 7) is 0.0811. The van der Waals surface area contributed by atoms with Gasteiger partial charge in [0, 0.05) is 21.3 Å². The topological polar surface area (TPSA) is 109 Å². The normalized spacial score (nSPS) is 16.1. The zero-order valence-corrected chi connectivity index (χ0v) is 18.9. The van der Waals surface area contributed by atoms with E-state index in [0.29, 0.717) is 38.5 Å². The lowest BCUT2D eigenvalue weighted by Crippen LogP contribution is -2.52. The molecule has 9 nitrogen and oxygen atoms in total. The van der Waals surface area contributed by atoms with E-state index in [1.54, 1.807) is 48.5 Å². The molecule has 0 aliphatic carbocycles. The Kier molecular flexibility index (Phi) is 5.21. The first-order valence-electron chi connectivity index (χ1n) is 9.92. The maximum absolute atomic E-state index is 13.5. The molecule has 0 bridgehead atoms. The van der Waals surface area contributed by atoms with Gasteiger partial charge in [0.05, 0.1) is 12.7 Å². The fraction of sp³-hybridized carbons (Fsp3) is 0.130. The number of aromatic hydroxyl groups is 1. The van der Waals surface area contributed by atoms with Crippen LogP contribution in [0.2, 0.25) is 0 Å². The molecule has 0 radical (unpaired) electrons. The molecule has 168 valence electrons. The van der Waals surface area contributed by atoms with Crippen LogP contribution < -0.4 is 25.0 Å². The molecule has 1 atom stereocenters. The Morgan fingerprint density at radius 3 is 2.79 bits per heavy atom. The quantitative estimate of drug-likeness (QED) is 0.488. The van der Waals surface area contributed by atoms with Crippen molar-refractivity contribution in [2.45, 2.75) is 6.17 Å². The summed E-state index contributed by atoms with van der Waals surface area (Å²) < 4.78 is 16.6. The minimum Gasteiger partial charge on any atom is -0.508 e. The molecule has 3 N–H and O–H groups in total. The fourth-order valence-corrected chi connectivity index (χ4v) is 4.06. The molecule has 1 unspecified atom stereocenters. The van der Waals surface area contributed by atoms with Crippen LogP contribution in [-0.4, -0.2) is 35.8 Å². The molecule has 2 heterocycles. The Morgan fingerprint density at radius 1 is 1.15 bits per heavy atom. The summed E-state index contributed by atoms with van der Waals surface area (Å²) in [6, 6.07) is 14.6. The van der Waals surface area contributed by atoms with Crippen molar-refractivity contribution in [3.63, 3.8) is 0 Å². The molecule has 2 aliphatic heterocycles. The first-order valence-corrected chi connectivity index (χ1v) is 10.7. The van der Waals surface area contributed by atoms with E-state index in [-0.39, 0.29) is 18.1 Å². The Labute approximate surface area is 197 Å². The third kappa shape index (κ3) is 3.78. The summed E-state index contributed by atoms with van der Waals surface area (Å²) in [7, 11) is 1.50. The number of phenolic OH excluding ortho intramolecular Hbond substituents is 1. The maximum Gasteiger partial charge on any atom is 0.276 e. The number of halogens is 1. The van der Waals surface area contributed by atoms with Gasteiger partial charge in [0.2, 0.25) is 6.79 Å². The van der Waals surface area contributed by atoms with Gasteiger partial charge >= 0.3 is 0 Å². The molecule has 0 fully saturated rings. The fourth-order valence-electron chi connectivity index (χ4n) is 3.70. The van der Waals surface area contributed by atoms with Crippen molar-refractivity contribution in [2.24, 2.45) is 0 Å². The van der Waals surface area contributed by atoms with Crippen LogP contribution >= 0.6 is 15.9 Å². The van der Waals surface area contributed by atoms with E-state index in [0.717, 1.165) is 5.01 Å². The second-order valence-electron chi connectivity index (χ2n) is 7.35. The van der Waals surface area contributed by atoms with Crippen LogP contribution in [0.5, 0.6) is 23.0 Å². The number of hydrazine groups is 1. The Bertz CT molecular complexity index is 1280. The number of anilines is 1. The number of amides is 2. The molecule has 3 aromatic rings. The second-order valence-corrected chi connectivity index (χ2v) is 8.26. The van der Waals surface area contributed by atoms with Crippen LogP contribution in [0, 0.1) is 0 Å². The highest BCUT2D eigenvalue weighted by Gasteiger charge is 2.36. The lowest BCUT2D eigenvalue weighted by atomic mass is 10.0. The third-order valence-corrected chi connectivity index (χ3v) is 5.86. The molecular formula is C23H18BrN3O6. The zero-order chi connectivity index (χ0) is 23.1. The summed E-state index contributed by atoms with van der Waals surface area (Å²) in [5, 5.41) is 14.9. The molecule has 0 saturated carbocycles. The van der Waals surface area contributed by atoms with Gasteiger partial charge in [0.25, 0.3) is 11.8 Å². The number of hydrogen-bond donors (Lipinski definition) is 3. The minimum absolute atomic E-state index is 0.0657. The van der Waals surface area contributed by atoms with E-state index in [1.807, 2.05) is 0 Å². The van der Waals surface area contributed by atoms with E-state index in [2.05, 4.69) is 26.7 Å². The van der Waals surface area contributed by atoms with Gasteiger partial charge < -0.3 is 24.6 Å². The van der Waals surface area contributed by atoms with Gasteiger partial charge in [-0.05, 0) is 54.6 Å². The van der Waals surface area contributed by atoms with E-state index in [4.69, 9.17) is 14.2 Å². The van der Waals surface area contributed by atoms with Crippen LogP contribution in [-0.2, 0) is 0 Å². The Morgan fingerprint density at radius 2 is 1.97 bits per heavy atom. The van der Waals surface area contributed by atoms with Crippen molar-refractivity contribution < 1.29 is 28.9 Å². The first-order chi connectivity index (χ1) is 15.9. The molecule has 33 heavy (non-hydrogen) atoms. The monoisotopic (exact) mass is 511 g/mol. The number of ether oxygens (including phenoxy) is 3. The number of nitrogens with one attached hydrogen (secondary N) is 2. The molecule has 2 aliphatic rings. The molecule has 0 spiro atoms. The second kappa shape index (κ2) is 8.21. The number of nitrogens with zero attached hydrogens (tertiary/aromatic N) is 1. The molecule has 3 aromatic carbocycles. The van der Waals surface area contributed by atoms with Gasteiger partial charge in [-0.25, -0.2) is 5.01 Å². The van der Waals surface area contributed by atoms with Crippen LogP contribution in [0.15, 0.2) is 59.1 Å². The molecule has 10 heteroatoms. The van der Waals surface area contributed by atoms with Gasteiger partial charge in [0.15, 0.2) is 17.7 Å². The Hall–Kier alpha value is -3.92. The number of phenols is 1. The number of benzene rings is 3. The summed E-state index contributed by atoms with van der Waals surface area (Å²) in [6.07, 6.45) is -0.903. The van der Waals surface area contributed by atoms with Gasteiger partial charge in [-0.15, -0.1) is 0 Å². The van der Waals surface area contributed by atoms with Gasteiger partial charge in [-0.3, -0.25) is 15.0 Å². The van der Waals surface area contributed by atoms with Gasteiger partial charge in [-0.2, -0.15) is 0 Å².